The Kier molecular flexibility index (Phi) is 3.72. The van der Waals surface area contributed by atoms with E-state index in [0.29, 0.717) is 18.2 Å². The Bertz CT molecular complexity index is 614. The summed E-state index contributed by atoms with van der Waals surface area (Å²) in [5.74, 6) is 1.63. The molecule has 2 amide bonds. The number of methoxy groups -OCH3 is 1. The number of furan rings is 1. The van der Waals surface area contributed by atoms with Crippen molar-refractivity contribution in [2.24, 2.45) is 0 Å². The number of anilines is 1. The maximum Gasteiger partial charge on any atom is 0.323 e. The van der Waals surface area contributed by atoms with E-state index in [9.17, 15) is 4.79 Å². The van der Waals surface area contributed by atoms with E-state index in [-0.39, 0.29) is 12.1 Å². The van der Waals surface area contributed by atoms with Gasteiger partial charge in [-0.2, -0.15) is 0 Å². The van der Waals surface area contributed by atoms with Crippen LogP contribution in [-0.2, 0) is 0 Å². The van der Waals surface area contributed by atoms with Gasteiger partial charge in [0.15, 0.2) is 0 Å². The average Bonchev–Trinajstić information content (AvgIpc) is 3.18. The van der Waals surface area contributed by atoms with E-state index in [4.69, 9.17) is 9.15 Å². The number of hydrogen-bond acceptors (Lipinski definition) is 5. The van der Waals surface area contributed by atoms with E-state index in [1.165, 1.54) is 13.4 Å². The molecule has 1 atom stereocenters. The summed E-state index contributed by atoms with van der Waals surface area (Å²) < 4.78 is 10.4. The minimum Gasteiger partial charge on any atom is -0.481 e. The first-order valence-corrected chi connectivity index (χ1v) is 6.75. The molecule has 21 heavy (non-hydrogen) atoms. The number of urea groups is 1. The zero-order valence-electron chi connectivity index (χ0n) is 11.7. The Hall–Kier alpha value is -2.57. The first-order chi connectivity index (χ1) is 10.3. The smallest absolute Gasteiger partial charge is 0.323 e. The molecule has 2 aromatic rings. The number of hydrogen-bond donors (Lipinski definition) is 1. The molecule has 2 aromatic heterocycles. The average molecular weight is 288 g/mol. The normalized spacial score (nSPS) is 17.8. The lowest BCUT2D eigenvalue weighted by Gasteiger charge is -2.23. The van der Waals surface area contributed by atoms with Crippen LogP contribution in [0.1, 0.15) is 24.6 Å². The van der Waals surface area contributed by atoms with Crippen molar-refractivity contribution in [2.75, 3.05) is 19.0 Å². The van der Waals surface area contributed by atoms with Gasteiger partial charge in [-0.3, -0.25) is 5.32 Å². The summed E-state index contributed by atoms with van der Waals surface area (Å²) >= 11 is 0. The van der Waals surface area contributed by atoms with Crippen molar-refractivity contribution in [3.05, 3.63) is 36.5 Å². The fraction of sp³-hybridized carbons (Fsp3) is 0.357. The van der Waals surface area contributed by atoms with Gasteiger partial charge in [0.05, 0.1) is 19.4 Å². The summed E-state index contributed by atoms with van der Waals surface area (Å²) in [4.78, 5) is 22.1. The summed E-state index contributed by atoms with van der Waals surface area (Å²) in [5.41, 5.74) is 0. The molecule has 1 saturated heterocycles. The molecule has 110 valence electrons. The molecule has 1 unspecified atom stereocenters. The molecule has 1 fully saturated rings. The zero-order chi connectivity index (χ0) is 14.7. The van der Waals surface area contributed by atoms with Crippen LogP contribution in [0.5, 0.6) is 5.88 Å². The predicted molar refractivity (Wildman–Crippen MR) is 75.0 cm³/mol. The molecule has 0 radical (unpaired) electrons. The molecule has 1 N–H and O–H groups in total. The largest absolute Gasteiger partial charge is 0.481 e. The lowest BCUT2D eigenvalue weighted by molar-refractivity contribution is 0.200. The third-order valence-electron chi connectivity index (χ3n) is 3.47. The van der Waals surface area contributed by atoms with Gasteiger partial charge in [-0.1, -0.05) is 0 Å². The summed E-state index contributed by atoms with van der Waals surface area (Å²) in [7, 11) is 1.52. The Morgan fingerprint density at radius 3 is 3.19 bits per heavy atom. The number of amides is 2. The molecule has 3 heterocycles. The summed E-state index contributed by atoms with van der Waals surface area (Å²) in [6.07, 6.45) is 4.82. The predicted octanol–water partition coefficient (Wildman–Crippen LogP) is 2.45. The summed E-state index contributed by atoms with van der Waals surface area (Å²) in [6.45, 7) is 0.694. The number of aromatic nitrogens is 2. The molecule has 1 aliphatic heterocycles. The Balaban J connectivity index is 1.72. The van der Waals surface area contributed by atoms with Crippen LogP contribution in [0.3, 0.4) is 0 Å². The van der Waals surface area contributed by atoms with Crippen molar-refractivity contribution in [2.45, 2.75) is 18.9 Å². The summed E-state index contributed by atoms with van der Waals surface area (Å²) in [6, 6.07) is 5.08. The first kappa shape index (κ1) is 13.4. The van der Waals surface area contributed by atoms with E-state index in [1.807, 2.05) is 12.1 Å². The van der Waals surface area contributed by atoms with E-state index in [1.54, 1.807) is 17.2 Å². The van der Waals surface area contributed by atoms with Crippen LogP contribution >= 0.6 is 0 Å². The van der Waals surface area contributed by atoms with Crippen molar-refractivity contribution >= 4 is 11.8 Å². The standard InChI is InChI=1S/C14H16N4O3/c1-20-13-8-12(15-9-16-13)17-14(19)18-6-2-4-10(18)11-5-3-7-21-11/h3,5,7-10H,2,4,6H2,1H3,(H,15,16,17,19). The Morgan fingerprint density at radius 1 is 1.52 bits per heavy atom. The number of nitrogens with zero attached hydrogens (tertiary/aromatic N) is 3. The van der Waals surface area contributed by atoms with Gasteiger partial charge >= 0.3 is 6.03 Å². The van der Waals surface area contributed by atoms with Crippen molar-refractivity contribution in [3.63, 3.8) is 0 Å². The quantitative estimate of drug-likeness (QED) is 0.938. The molecule has 1 aliphatic rings. The van der Waals surface area contributed by atoms with Gasteiger partial charge < -0.3 is 14.1 Å². The molecule has 7 nitrogen and oxygen atoms in total. The van der Waals surface area contributed by atoms with Crippen molar-refractivity contribution in [1.29, 1.82) is 0 Å². The van der Waals surface area contributed by atoms with Gasteiger partial charge in [0, 0.05) is 12.6 Å². The molecular formula is C14H16N4O3. The second kappa shape index (κ2) is 5.82. The van der Waals surface area contributed by atoms with Gasteiger partial charge in [0.2, 0.25) is 5.88 Å². The van der Waals surface area contributed by atoms with Crippen LogP contribution in [0.2, 0.25) is 0 Å². The minimum absolute atomic E-state index is 0.0243. The third-order valence-corrected chi connectivity index (χ3v) is 3.47. The Labute approximate surface area is 121 Å². The summed E-state index contributed by atoms with van der Waals surface area (Å²) in [5, 5.41) is 2.76. The van der Waals surface area contributed by atoms with Crippen LogP contribution in [0, 0.1) is 0 Å². The highest BCUT2D eigenvalue weighted by Gasteiger charge is 2.31. The van der Waals surface area contributed by atoms with Gasteiger partial charge in [-0.25, -0.2) is 14.8 Å². The maximum atomic E-state index is 12.4. The number of carbonyl (C=O) groups excluding carboxylic acids is 1. The molecule has 7 heteroatoms. The second-order valence-electron chi connectivity index (χ2n) is 4.74. The molecule has 0 aromatic carbocycles. The SMILES string of the molecule is COc1cc(NC(=O)N2CCCC2c2ccco2)ncn1. The fourth-order valence-electron chi connectivity index (χ4n) is 2.49. The number of nitrogens with one attached hydrogen (secondary N) is 1. The molecule has 0 saturated carbocycles. The second-order valence-corrected chi connectivity index (χ2v) is 4.74. The topological polar surface area (TPSA) is 80.5 Å². The number of ether oxygens (including phenoxy) is 1. The van der Waals surface area contributed by atoms with Crippen LogP contribution < -0.4 is 10.1 Å². The molecule has 0 bridgehead atoms. The number of carbonyl (C=O) groups is 1. The van der Waals surface area contributed by atoms with Crippen molar-refractivity contribution in [3.8, 4) is 5.88 Å². The Morgan fingerprint density at radius 2 is 2.43 bits per heavy atom. The van der Waals surface area contributed by atoms with Gasteiger partial charge in [-0.05, 0) is 25.0 Å². The maximum absolute atomic E-state index is 12.4. The van der Waals surface area contributed by atoms with E-state index >= 15 is 0 Å². The monoisotopic (exact) mass is 288 g/mol. The molecule has 3 rings (SSSR count). The molecule has 0 aliphatic carbocycles. The van der Waals surface area contributed by atoms with E-state index in [0.717, 1.165) is 18.6 Å². The lowest BCUT2D eigenvalue weighted by Crippen LogP contribution is -2.34. The minimum atomic E-state index is -0.199. The van der Waals surface area contributed by atoms with E-state index < -0.39 is 0 Å². The molecule has 0 spiro atoms. The highest BCUT2D eigenvalue weighted by Crippen LogP contribution is 2.32. The van der Waals surface area contributed by atoms with Crippen LogP contribution in [0.25, 0.3) is 0 Å². The van der Waals surface area contributed by atoms with Gasteiger partial charge in [0.25, 0.3) is 0 Å². The van der Waals surface area contributed by atoms with Crippen molar-refractivity contribution < 1.29 is 13.9 Å². The van der Waals surface area contributed by atoms with Crippen LogP contribution in [-0.4, -0.2) is 34.6 Å². The molecular weight excluding hydrogens is 272 g/mol. The lowest BCUT2D eigenvalue weighted by atomic mass is 10.2. The highest BCUT2D eigenvalue weighted by atomic mass is 16.5. The zero-order valence-corrected chi connectivity index (χ0v) is 11.7. The first-order valence-electron chi connectivity index (χ1n) is 6.75. The van der Waals surface area contributed by atoms with Crippen LogP contribution in [0.15, 0.2) is 35.2 Å². The number of rotatable bonds is 3. The van der Waals surface area contributed by atoms with Gasteiger partial charge in [0.1, 0.15) is 17.9 Å². The van der Waals surface area contributed by atoms with Crippen molar-refractivity contribution in [1.82, 2.24) is 14.9 Å². The number of likely N-dealkylation sites (tertiary alicyclic amines) is 1. The third kappa shape index (κ3) is 2.81. The van der Waals surface area contributed by atoms with Gasteiger partial charge in [-0.15, -0.1) is 0 Å². The van der Waals surface area contributed by atoms with E-state index in [2.05, 4.69) is 15.3 Å². The van der Waals surface area contributed by atoms with Crippen LogP contribution in [0.4, 0.5) is 10.6 Å². The fourth-order valence-corrected chi connectivity index (χ4v) is 2.49. The highest BCUT2D eigenvalue weighted by molar-refractivity contribution is 5.88.